The van der Waals surface area contributed by atoms with Crippen LogP contribution in [-0.4, -0.2) is 8.75 Å². The molecule has 0 radical (unpaired) electrons. The van der Waals surface area contributed by atoms with Crippen LogP contribution in [0, 0.1) is 23.0 Å². The molecule has 2 aromatic rings. The van der Waals surface area contributed by atoms with Crippen LogP contribution in [0.4, 0.5) is 8.78 Å². The normalized spacial score (nSPS) is 10.2. The minimum atomic E-state index is -0.812. The minimum Gasteiger partial charge on any atom is -0.204 e. The second-order valence-electron chi connectivity index (χ2n) is 2.29. The molecule has 0 fully saturated rings. The van der Waals surface area contributed by atoms with Crippen LogP contribution in [-0.2, 0) is 0 Å². The number of nitriles is 1. The molecular weight excluding hydrogens is 196 g/mol. The zero-order valence-electron chi connectivity index (χ0n) is 6.08. The van der Waals surface area contributed by atoms with Crippen LogP contribution in [0.3, 0.4) is 0 Å². The number of benzene rings is 1. The van der Waals surface area contributed by atoms with Crippen molar-refractivity contribution in [3.8, 4) is 6.07 Å². The molecule has 64 valence electrons. The lowest BCUT2D eigenvalue weighted by Gasteiger charge is -1.93. The Morgan fingerprint density at radius 3 is 2.69 bits per heavy atom. The zero-order valence-corrected chi connectivity index (χ0v) is 6.90. The maximum atomic E-state index is 13.2. The number of hydrogen-bond donors (Lipinski definition) is 0. The molecule has 0 bridgehead atoms. The second-order valence-corrected chi connectivity index (χ2v) is 2.82. The minimum absolute atomic E-state index is 0.124. The van der Waals surface area contributed by atoms with Crippen molar-refractivity contribution in [2.75, 3.05) is 0 Å². The van der Waals surface area contributed by atoms with Gasteiger partial charge in [-0.1, -0.05) is 0 Å². The number of aromatic nitrogens is 2. The molecule has 0 aliphatic carbocycles. The van der Waals surface area contributed by atoms with Gasteiger partial charge < -0.3 is 0 Å². The van der Waals surface area contributed by atoms with Gasteiger partial charge in [0, 0.05) is 0 Å². The first-order chi connectivity index (χ1) is 6.24. The second kappa shape index (κ2) is 2.71. The van der Waals surface area contributed by atoms with E-state index in [1.165, 1.54) is 6.07 Å². The summed E-state index contributed by atoms with van der Waals surface area (Å²) in [7, 11) is 0. The highest BCUT2D eigenvalue weighted by Crippen LogP contribution is 2.21. The summed E-state index contributed by atoms with van der Waals surface area (Å²) in [6.45, 7) is 0. The van der Waals surface area contributed by atoms with E-state index in [9.17, 15) is 8.78 Å². The van der Waals surface area contributed by atoms with Crippen molar-refractivity contribution >= 4 is 22.8 Å². The standard InChI is InChI=1S/C7HF2N3S/c8-4-1-3(2-10)5(9)7-6(4)11-13-12-7/h1H. The van der Waals surface area contributed by atoms with Gasteiger partial charge in [-0.3, -0.25) is 0 Å². The van der Waals surface area contributed by atoms with E-state index in [-0.39, 0.29) is 16.6 Å². The van der Waals surface area contributed by atoms with Crippen LogP contribution in [0.5, 0.6) is 0 Å². The summed E-state index contributed by atoms with van der Waals surface area (Å²) in [6, 6.07) is 2.36. The molecule has 1 heterocycles. The molecule has 0 N–H and O–H groups in total. The zero-order chi connectivity index (χ0) is 9.42. The molecule has 0 amide bonds. The van der Waals surface area contributed by atoms with Crippen LogP contribution >= 0.6 is 11.7 Å². The van der Waals surface area contributed by atoms with E-state index in [1.54, 1.807) is 0 Å². The highest BCUT2D eigenvalue weighted by molar-refractivity contribution is 7.00. The lowest BCUT2D eigenvalue weighted by atomic mass is 10.2. The lowest BCUT2D eigenvalue weighted by molar-refractivity contribution is 0.612. The van der Waals surface area contributed by atoms with Crippen LogP contribution < -0.4 is 0 Å². The maximum Gasteiger partial charge on any atom is 0.170 e. The summed E-state index contributed by atoms with van der Waals surface area (Å²) in [5.41, 5.74) is -0.652. The molecule has 0 unspecified atom stereocenters. The van der Waals surface area contributed by atoms with Crippen molar-refractivity contribution in [3.05, 3.63) is 23.3 Å². The Hall–Kier alpha value is -1.61. The van der Waals surface area contributed by atoms with E-state index in [2.05, 4.69) is 8.75 Å². The van der Waals surface area contributed by atoms with Crippen molar-refractivity contribution in [2.45, 2.75) is 0 Å². The number of nitrogens with zero attached hydrogens (tertiary/aromatic N) is 3. The van der Waals surface area contributed by atoms with Gasteiger partial charge in [-0.2, -0.15) is 14.0 Å². The Morgan fingerprint density at radius 2 is 2.00 bits per heavy atom. The third-order valence-corrected chi connectivity index (χ3v) is 2.08. The molecule has 0 aliphatic rings. The third-order valence-electron chi connectivity index (χ3n) is 1.55. The molecule has 0 atom stereocenters. The fourth-order valence-electron chi connectivity index (χ4n) is 0.957. The fourth-order valence-corrected chi connectivity index (χ4v) is 1.50. The van der Waals surface area contributed by atoms with Gasteiger partial charge >= 0.3 is 0 Å². The average molecular weight is 197 g/mol. The number of halogens is 2. The smallest absolute Gasteiger partial charge is 0.170 e. The molecule has 0 spiro atoms. The Balaban J connectivity index is 2.95. The van der Waals surface area contributed by atoms with Crippen molar-refractivity contribution in [2.24, 2.45) is 0 Å². The summed E-state index contributed by atoms with van der Waals surface area (Å²) in [4.78, 5) is 0. The molecule has 0 saturated carbocycles. The van der Waals surface area contributed by atoms with Gasteiger partial charge in [-0.15, -0.1) is 0 Å². The van der Waals surface area contributed by atoms with E-state index in [1.807, 2.05) is 0 Å². The number of rotatable bonds is 0. The Kier molecular flexibility index (Phi) is 1.67. The molecule has 2 rings (SSSR count). The summed E-state index contributed by atoms with van der Waals surface area (Å²) < 4.78 is 33.3. The van der Waals surface area contributed by atoms with Crippen LogP contribution in [0.15, 0.2) is 6.07 Å². The summed E-state index contributed by atoms with van der Waals surface area (Å²) in [6.07, 6.45) is 0. The SMILES string of the molecule is N#Cc1cc(F)c2nsnc2c1F. The largest absolute Gasteiger partial charge is 0.204 e. The summed E-state index contributed by atoms with van der Waals surface area (Å²) in [5.74, 6) is -1.53. The first-order valence-electron chi connectivity index (χ1n) is 3.24. The highest BCUT2D eigenvalue weighted by atomic mass is 32.1. The molecular formula is C7HF2N3S. The van der Waals surface area contributed by atoms with Gasteiger partial charge in [-0.25, -0.2) is 8.78 Å². The van der Waals surface area contributed by atoms with E-state index >= 15 is 0 Å². The number of fused-ring (bicyclic) bond motifs is 1. The number of hydrogen-bond acceptors (Lipinski definition) is 4. The van der Waals surface area contributed by atoms with E-state index < -0.39 is 11.6 Å². The molecule has 1 aromatic heterocycles. The van der Waals surface area contributed by atoms with Gasteiger partial charge in [0.25, 0.3) is 0 Å². The quantitative estimate of drug-likeness (QED) is 0.647. The molecule has 0 saturated heterocycles. The fraction of sp³-hybridized carbons (Fsp3) is 0. The molecule has 0 aliphatic heterocycles. The average Bonchev–Trinajstić information content (AvgIpc) is 2.60. The molecule has 6 heteroatoms. The van der Waals surface area contributed by atoms with Crippen LogP contribution in [0.1, 0.15) is 5.56 Å². The third kappa shape index (κ3) is 1.05. The van der Waals surface area contributed by atoms with Crippen LogP contribution in [0.2, 0.25) is 0 Å². The molecule has 3 nitrogen and oxygen atoms in total. The first kappa shape index (κ1) is 8.01. The Morgan fingerprint density at radius 1 is 1.31 bits per heavy atom. The van der Waals surface area contributed by atoms with Crippen molar-refractivity contribution in [1.82, 2.24) is 8.75 Å². The predicted octanol–water partition coefficient (Wildman–Crippen LogP) is 1.84. The van der Waals surface area contributed by atoms with Gasteiger partial charge in [0.15, 0.2) is 11.6 Å². The monoisotopic (exact) mass is 197 g/mol. The first-order valence-corrected chi connectivity index (χ1v) is 3.97. The van der Waals surface area contributed by atoms with E-state index in [4.69, 9.17) is 5.26 Å². The van der Waals surface area contributed by atoms with Crippen LogP contribution in [0.25, 0.3) is 11.0 Å². The van der Waals surface area contributed by atoms with Gasteiger partial charge in [-0.05, 0) is 6.07 Å². The van der Waals surface area contributed by atoms with Crippen molar-refractivity contribution in [1.29, 1.82) is 5.26 Å². The predicted molar refractivity (Wildman–Crippen MR) is 42.0 cm³/mol. The lowest BCUT2D eigenvalue weighted by Crippen LogP contribution is -1.89. The molecule has 1 aromatic carbocycles. The van der Waals surface area contributed by atoms with Gasteiger partial charge in [0.1, 0.15) is 17.1 Å². The summed E-state index contributed by atoms with van der Waals surface area (Å²) >= 11 is 0.711. The van der Waals surface area contributed by atoms with Gasteiger partial charge in [0.2, 0.25) is 0 Å². The highest BCUT2D eigenvalue weighted by Gasteiger charge is 2.15. The van der Waals surface area contributed by atoms with Crippen molar-refractivity contribution < 1.29 is 8.78 Å². The van der Waals surface area contributed by atoms with E-state index in [0.29, 0.717) is 11.7 Å². The van der Waals surface area contributed by atoms with Gasteiger partial charge in [0.05, 0.1) is 17.3 Å². The summed E-state index contributed by atoms with van der Waals surface area (Å²) in [5, 5.41) is 8.44. The molecule has 13 heavy (non-hydrogen) atoms. The maximum absolute atomic E-state index is 13.2. The van der Waals surface area contributed by atoms with E-state index in [0.717, 1.165) is 6.07 Å². The Bertz CT molecular complexity index is 514. The van der Waals surface area contributed by atoms with Crippen molar-refractivity contribution in [3.63, 3.8) is 0 Å². The topological polar surface area (TPSA) is 49.6 Å². The Labute approximate surface area is 75.6 Å².